The van der Waals surface area contributed by atoms with Crippen molar-refractivity contribution in [2.75, 3.05) is 5.75 Å². The molecule has 1 fully saturated rings. The highest BCUT2D eigenvalue weighted by Crippen LogP contribution is 2.31. The van der Waals surface area contributed by atoms with Crippen LogP contribution in [0.4, 0.5) is 0 Å². The molecule has 0 saturated carbocycles. The fraction of sp³-hybridized carbons (Fsp3) is 0.400. The lowest BCUT2D eigenvalue weighted by molar-refractivity contribution is -0.138. The normalized spacial score (nSPS) is 23.3. The Kier molecular flexibility index (Phi) is 4.66. The van der Waals surface area contributed by atoms with Gasteiger partial charge >= 0.3 is 5.97 Å². The second kappa shape index (κ2) is 6.26. The first-order chi connectivity index (χ1) is 9.08. The summed E-state index contributed by atoms with van der Waals surface area (Å²) in [5.41, 5.74) is 1.80. The van der Waals surface area contributed by atoms with Gasteiger partial charge in [-0.25, -0.2) is 0 Å². The third kappa shape index (κ3) is 3.61. The Hall–Kier alpha value is -1.26. The number of aliphatic hydroxyl groups is 1. The van der Waals surface area contributed by atoms with Crippen LogP contribution in [0, 0.1) is 0 Å². The summed E-state index contributed by atoms with van der Waals surface area (Å²) in [6.45, 7) is 1.68. The Balaban J connectivity index is 2.14. The molecule has 1 aliphatic rings. The quantitative estimate of drug-likeness (QED) is 0.892. The van der Waals surface area contributed by atoms with E-state index in [4.69, 9.17) is 5.11 Å². The van der Waals surface area contributed by atoms with Gasteiger partial charge in [0.2, 0.25) is 0 Å². The number of aliphatic carboxylic acids is 1. The first-order valence-corrected chi connectivity index (χ1v) is 7.41. The van der Waals surface area contributed by atoms with Crippen LogP contribution in [0.2, 0.25) is 0 Å². The molecule has 19 heavy (non-hydrogen) atoms. The smallest absolute Gasteiger partial charge is 0.310 e. The van der Waals surface area contributed by atoms with Crippen molar-refractivity contribution in [3.8, 4) is 0 Å². The fourth-order valence-corrected chi connectivity index (χ4v) is 3.11. The molecule has 0 amide bonds. The molecule has 0 radical (unpaired) electrons. The van der Waals surface area contributed by atoms with E-state index in [1.165, 1.54) is 0 Å². The predicted octanol–water partition coefficient (Wildman–Crippen LogP) is 3.10. The zero-order chi connectivity index (χ0) is 13.8. The summed E-state index contributed by atoms with van der Waals surface area (Å²) in [4.78, 5) is 11.9. The summed E-state index contributed by atoms with van der Waals surface area (Å²) in [6, 6.07) is 7.49. The number of hydrogen-bond acceptors (Lipinski definition) is 3. The van der Waals surface area contributed by atoms with E-state index in [2.05, 4.69) is 0 Å². The van der Waals surface area contributed by atoms with Crippen molar-refractivity contribution in [3.05, 3.63) is 40.3 Å². The number of carboxylic acid groups (broad SMARTS) is 1. The molecule has 3 nitrogen and oxygen atoms in total. The van der Waals surface area contributed by atoms with Crippen molar-refractivity contribution in [2.24, 2.45) is 0 Å². The summed E-state index contributed by atoms with van der Waals surface area (Å²) in [5, 5.41) is 18.8. The number of hydrogen-bond donors (Lipinski definition) is 2. The van der Waals surface area contributed by atoms with E-state index >= 15 is 0 Å². The van der Waals surface area contributed by atoms with Gasteiger partial charge in [0, 0.05) is 4.91 Å². The minimum Gasteiger partial charge on any atom is -0.481 e. The SMILES string of the molecule is CC(C(=O)O)c1ccc(/C=C2\SCCCC2O)cc1. The standard InChI is InChI=1S/C15H18O3S/c1-10(15(17)18)12-6-4-11(5-7-12)9-14-13(16)3-2-8-19-14/h4-7,9-10,13,16H,2-3,8H2,1H3,(H,17,18)/b14-9-. The third-order valence-electron chi connectivity index (χ3n) is 3.33. The lowest BCUT2D eigenvalue weighted by atomic mass is 10.00. The molecule has 0 spiro atoms. The van der Waals surface area contributed by atoms with E-state index in [0.717, 1.165) is 34.6 Å². The number of rotatable bonds is 3. The Morgan fingerprint density at radius 1 is 1.42 bits per heavy atom. The van der Waals surface area contributed by atoms with Crippen LogP contribution in [-0.4, -0.2) is 28.0 Å². The second-order valence-corrected chi connectivity index (χ2v) is 5.95. The maximum absolute atomic E-state index is 10.9. The molecule has 0 bridgehead atoms. The largest absolute Gasteiger partial charge is 0.481 e. The molecule has 1 heterocycles. The van der Waals surface area contributed by atoms with Gasteiger partial charge < -0.3 is 10.2 Å². The number of carboxylic acids is 1. The Bertz CT molecular complexity index is 479. The lowest BCUT2D eigenvalue weighted by Gasteiger charge is -2.19. The minimum absolute atomic E-state index is 0.351. The van der Waals surface area contributed by atoms with Crippen LogP contribution in [0.25, 0.3) is 6.08 Å². The van der Waals surface area contributed by atoms with Crippen molar-refractivity contribution in [1.82, 2.24) is 0 Å². The van der Waals surface area contributed by atoms with Gasteiger partial charge in [-0.3, -0.25) is 4.79 Å². The van der Waals surface area contributed by atoms with E-state index in [9.17, 15) is 9.90 Å². The molecule has 1 aromatic rings. The molecule has 0 aliphatic carbocycles. The van der Waals surface area contributed by atoms with Gasteiger partial charge in [-0.05, 0) is 42.7 Å². The van der Waals surface area contributed by atoms with Crippen LogP contribution in [0.15, 0.2) is 29.2 Å². The summed E-state index contributed by atoms with van der Waals surface area (Å²) < 4.78 is 0. The highest BCUT2D eigenvalue weighted by molar-refractivity contribution is 8.03. The van der Waals surface area contributed by atoms with Gasteiger partial charge in [0.25, 0.3) is 0 Å². The third-order valence-corrected chi connectivity index (χ3v) is 4.55. The van der Waals surface area contributed by atoms with Gasteiger partial charge in [-0.1, -0.05) is 24.3 Å². The van der Waals surface area contributed by atoms with Crippen LogP contribution in [0.5, 0.6) is 0 Å². The molecule has 1 aliphatic heterocycles. The van der Waals surface area contributed by atoms with Crippen LogP contribution in [0.1, 0.15) is 36.8 Å². The predicted molar refractivity (Wildman–Crippen MR) is 78.2 cm³/mol. The molecule has 1 aromatic carbocycles. The van der Waals surface area contributed by atoms with E-state index in [-0.39, 0.29) is 6.10 Å². The second-order valence-electron chi connectivity index (χ2n) is 4.78. The molecule has 2 unspecified atom stereocenters. The topological polar surface area (TPSA) is 57.5 Å². The number of carbonyl (C=O) groups is 1. The average molecular weight is 278 g/mol. The lowest BCUT2D eigenvalue weighted by Crippen LogP contribution is -2.13. The van der Waals surface area contributed by atoms with Gasteiger partial charge in [0.05, 0.1) is 12.0 Å². The van der Waals surface area contributed by atoms with Gasteiger partial charge in [-0.2, -0.15) is 0 Å². The van der Waals surface area contributed by atoms with Crippen molar-refractivity contribution in [1.29, 1.82) is 0 Å². The van der Waals surface area contributed by atoms with Gasteiger partial charge in [0.1, 0.15) is 0 Å². The molecule has 0 aromatic heterocycles. The summed E-state index contributed by atoms with van der Waals surface area (Å²) in [7, 11) is 0. The highest BCUT2D eigenvalue weighted by Gasteiger charge is 2.17. The Labute approximate surface area is 117 Å². The van der Waals surface area contributed by atoms with Gasteiger partial charge in [0.15, 0.2) is 0 Å². The van der Waals surface area contributed by atoms with E-state index in [1.807, 2.05) is 30.3 Å². The fourth-order valence-electron chi connectivity index (χ4n) is 2.03. The number of benzene rings is 1. The molecular formula is C15H18O3S. The van der Waals surface area contributed by atoms with Gasteiger partial charge in [-0.15, -0.1) is 11.8 Å². The number of thioether (sulfide) groups is 1. The first kappa shape index (κ1) is 14.2. The Morgan fingerprint density at radius 3 is 2.68 bits per heavy atom. The summed E-state index contributed by atoms with van der Waals surface area (Å²) in [6.07, 6.45) is 3.52. The first-order valence-electron chi connectivity index (χ1n) is 6.43. The molecule has 2 N–H and O–H groups in total. The molecule has 2 rings (SSSR count). The number of aliphatic hydroxyl groups excluding tert-OH is 1. The molecule has 102 valence electrons. The van der Waals surface area contributed by atoms with E-state index < -0.39 is 11.9 Å². The Morgan fingerprint density at radius 2 is 2.11 bits per heavy atom. The van der Waals surface area contributed by atoms with Crippen molar-refractivity contribution in [3.63, 3.8) is 0 Å². The van der Waals surface area contributed by atoms with Crippen LogP contribution < -0.4 is 0 Å². The maximum atomic E-state index is 10.9. The van der Waals surface area contributed by atoms with Crippen LogP contribution in [0.3, 0.4) is 0 Å². The van der Waals surface area contributed by atoms with E-state index in [1.54, 1.807) is 18.7 Å². The monoisotopic (exact) mass is 278 g/mol. The van der Waals surface area contributed by atoms with Crippen molar-refractivity contribution >= 4 is 23.8 Å². The highest BCUT2D eigenvalue weighted by atomic mass is 32.2. The summed E-state index contributed by atoms with van der Waals surface area (Å²) >= 11 is 1.70. The zero-order valence-electron chi connectivity index (χ0n) is 10.9. The molecule has 2 atom stereocenters. The van der Waals surface area contributed by atoms with Crippen LogP contribution >= 0.6 is 11.8 Å². The van der Waals surface area contributed by atoms with E-state index in [0.29, 0.717) is 0 Å². The average Bonchev–Trinajstić information content (AvgIpc) is 2.41. The molecule has 4 heteroatoms. The van der Waals surface area contributed by atoms with Crippen LogP contribution in [-0.2, 0) is 4.79 Å². The maximum Gasteiger partial charge on any atom is 0.310 e. The minimum atomic E-state index is -0.815. The van der Waals surface area contributed by atoms with Crippen molar-refractivity contribution in [2.45, 2.75) is 31.8 Å². The summed E-state index contributed by atoms with van der Waals surface area (Å²) in [5.74, 6) is -0.252. The van der Waals surface area contributed by atoms with Crippen molar-refractivity contribution < 1.29 is 15.0 Å². The molecule has 1 saturated heterocycles. The molecular weight excluding hydrogens is 260 g/mol. The zero-order valence-corrected chi connectivity index (χ0v) is 11.7.